The molecule has 0 aromatic rings. The summed E-state index contributed by atoms with van der Waals surface area (Å²) in [5, 5.41) is 3.35. The number of rotatable bonds is 7. The lowest BCUT2D eigenvalue weighted by Crippen LogP contribution is -2.50. The summed E-state index contributed by atoms with van der Waals surface area (Å²) >= 11 is 0. The first-order chi connectivity index (χ1) is 8.62. The average Bonchev–Trinajstić information content (AvgIpc) is 3.02. The van der Waals surface area contributed by atoms with Crippen LogP contribution < -0.4 is 5.32 Å². The highest BCUT2D eigenvalue weighted by molar-refractivity contribution is 4.91. The molecule has 0 bridgehead atoms. The van der Waals surface area contributed by atoms with Crippen LogP contribution in [0.1, 0.15) is 53.4 Å². The Kier molecular flexibility index (Phi) is 5.68. The fraction of sp³-hybridized carbons (Fsp3) is 1.00. The number of nitrogens with zero attached hydrogens (tertiary/aromatic N) is 1. The van der Waals surface area contributed by atoms with Crippen LogP contribution >= 0.6 is 0 Å². The molecule has 0 spiro atoms. The number of nitrogens with one attached hydrogen (secondary N) is 1. The van der Waals surface area contributed by atoms with E-state index in [1.165, 1.54) is 0 Å². The second kappa shape index (κ2) is 6.44. The van der Waals surface area contributed by atoms with Gasteiger partial charge in [-0.15, -0.1) is 0 Å². The summed E-state index contributed by atoms with van der Waals surface area (Å²) in [6.07, 6.45) is -0.554. The van der Waals surface area contributed by atoms with Crippen molar-refractivity contribution in [3.8, 4) is 0 Å². The van der Waals surface area contributed by atoms with E-state index >= 15 is 0 Å². The van der Waals surface area contributed by atoms with E-state index in [1.807, 2.05) is 27.7 Å². The van der Waals surface area contributed by atoms with Gasteiger partial charge in [-0.25, -0.2) is 0 Å². The van der Waals surface area contributed by atoms with Gasteiger partial charge in [-0.1, -0.05) is 13.3 Å². The van der Waals surface area contributed by atoms with E-state index in [1.54, 1.807) is 4.90 Å². The SMILES string of the molecule is CCCC(CNC(C)(C)C)N(CC(F)(F)F)C1CC1. The molecule has 19 heavy (non-hydrogen) atoms. The van der Waals surface area contributed by atoms with Gasteiger partial charge in [0.25, 0.3) is 0 Å². The molecule has 1 fully saturated rings. The van der Waals surface area contributed by atoms with Crippen LogP contribution in [0.3, 0.4) is 0 Å². The lowest BCUT2D eigenvalue weighted by atomic mass is 10.1. The fourth-order valence-corrected chi connectivity index (χ4v) is 2.31. The van der Waals surface area contributed by atoms with Crippen molar-refractivity contribution in [1.29, 1.82) is 0 Å². The van der Waals surface area contributed by atoms with Gasteiger partial charge in [-0.05, 0) is 40.0 Å². The topological polar surface area (TPSA) is 15.3 Å². The van der Waals surface area contributed by atoms with Gasteiger partial charge in [0.15, 0.2) is 0 Å². The molecule has 0 aromatic carbocycles. The second-order valence-corrected chi connectivity index (χ2v) is 6.59. The Morgan fingerprint density at radius 3 is 2.16 bits per heavy atom. The van der Waals surface area contributed by atoms with Crippen molar-refractivity contribution < 1.29 is 13.2 Å². The number of halogens is 3. The first kappa shape index (κ1) is 16.8. The molecule has 1 aliphatic rings. The van der Waals surface area contributed by atoms with Crippen molar-refractivity contribution in [1.82, 2.24) is 10.2 Å². The van der Waals surface area contributed by atoms with E-state index in [0.29, 0.717) is 6.54 Å². The molecule has 1 unspecified atom stereocenters. The van der Waals surface area contributed by atoms with Crippen LogP contribution in [0.2, 0.25) is 0 Å². The highest BCUT2D eigenvalue weighted by Crippen LogP contribution is 2.32. The van der Waals surface area contributed by atoms with Crippen LogP contribution in [0.15, 0.2) is 0 Å². The van der Waals surface area contributed by atoms with Crippen molar-refractivity contribution in [2.24, 2.45) is 0 Å². The Hall–Kier alpha value is -0.290. The van der Waals surface area contributed by atoms with Gasteiger partial charge < -0.3 is 5.32 Å². The van der Waals surface area contributed by atoms with Crippen molar-refractivity contribution >= 4 is 0 Å². The molecule has 114 valence electrons. The van der Waals surface area contributed by atoms with E-state index < -0.39 is 12.7 Å². The summed E-state index contributed by atoms with van der Waals surface area (Å²) in [6.45, 7) is 8.02. The Labute approximate surface area is 114 Å². The lowest BCUT2D eigenvalue weighted by Gasteiger charge is -2.34. The molecular formula is C14H27F3N2. The van der Waals surface area contributed by atoms with E-state index in [-0.39, 0.29) is 17.6 Å². The standard InChI is InChI=1S/C14H27F3N2/c1-5-6-12(9-18-13(2,3)4)19(11-7-8-11)10-14(15,16)17/h11-12,18H,5-10H2,1-4H3. The van der Waals surface area contributed by atoms with Crippen LogP contribution in [0.25, 0.3) is 0 Å². The molecular weight excluding hydrogens is 253 g/mol. The van der Waals surface area contributed by atoms with Gasteiger partial charge in [0.05, 0.1) is 6.54 Å². The largest absolute Gasteiger partial charge is 0.401 e. The maximum atomic E-state index is 12.7. The van der Waals surface area contributed by atoms with Gasteiger partial charge in [0.1, 0.15) is 0 Å². The predicted octanol–water partition coefficient (Wildman–Crippen LogP) is 3.57. The lowest BCUT2D eigenvalue weighted by molar-refractivity contribution is -0.152. The zero-order valence-corrected chi connectivity index (χ0v) is 12.5. The molecule has 0 aliphatic heterocycles. The summed E-state index contributed by atoms with van der Waals surface area (Å²) < 4.78 is 38.1. The van der Waals surface area contributed by atoms with E-state index in [9.17, 15) is 13.2 Å². The normalized spacial score (nSPS) is 18.9. The quantitative estimate of drug-likeness (QED) is 0.767. The van der Waals surface area contributed by atoms with Crippen LogP contribution in [0, 0.1) is 0 Å². The zero-order valence-electron chi connectivity index (χ0n) is 12.5. The molecule has 5 heteroatoms. The summed E-state index contributed by atoms with van der Waals surface area (Å²) in [7, 11) is 0. The van der Waals surface area contributed by atoms with Gasteiger partial charge in [-0.2, -0.15) is 13.2 Å². The Morgan fingerprint density at radius 2 is 1.79 bits per heavy atom. The molecule has 1 N–H and O–H groups in total. The van der Waals surface area contributed by atoms with Crippen LogP contribution in [0.4, 0.5) is 13.2 Å². The highest BCUT2D eigenvalue weighted by Gasteiger charge is 2.41. The molecule has 1 rings (SSSR count). The summed E-state index contributed by atoms with van der Waals surface area (Å²) in [5.41, 5.74) is -0.0561. The van der Waals surface area contributed by atoms with Crippen LogP contribution in [-0.4, -0.2) is 41.8 Å². The molecule has 0 heterocycles. The number of alkyl halides is 3. The highest BCUT2D eigenvalue weighted by atomic mass is 19.4. The van der Waals surface area contributed by atoms with Crippen molar-refractivity contribution in [3.05, 3.63) is 0 Å². The predicted molar refractivity (Wildman–Crippen MR) is 72.2 cm³/mol. The summed E-state index contributed by atoms with van der Waals surface area (Å²) in [4.78, 5) is 1.67. The van der Waals surface area contributed by atoms with Gasteiger partial charge in [0, 0.05) is 24.2 Å². The monoisotopic (exact) mass is 280 g/mol. The minimum absolute atomic E-state index is 0.0154. The Morgan fingerprint density at radius 1 is 1.21 bits per heavy atom. The van der Waals surface area contributed by atoms with E-state index in [4.69, 9.17) is 0 Å². The minimum atomic E-state index is -4.10. The summed E-state index contributed by atoms with van der Waals surface area (Å²) in [6, 6.07) is 0.123. The first-order valence-corrected chi connectivity index (χ1v) is 7.20. The van der Waals surface area contributed by atoms with E-state index in [2.05, 4.69) is 5.32 Å². The fourth-order valence-electron chi connectivity index (χ4n) is 2.31. The van der Waals surface area contributed by atoms with Crippen molar-refractivity contribution in [2.45, 2.75) is 77.2 Å². The third-order valence-corrected chi connectivity index (χ3v) is 3.34. The molecule has 2 nitrogen and oxygen atoms in total. The average molecular weight is 280 g/mol. The second-order valence-electron chi connectivity index (χ2n) is 6.59. The molecule has 0 aromatic heterocycles. The number of hydrogen-bond acceptors (Lipinski definition) is 2. The van der Waals surface area contributed by atoms with Gasteiger partial charge >= 0.3 is 6.18 Å². The van der Waals surface area contributed by atoms with Gasteiger partial charge in [0.2, 0.25) is 0 Å². The van der Waals surface area contributed by atoms with Crippen molar-refractivity contribution in [3.63, 3.8) is 0 Å². The molecule has 1 aliphatic carbocycles. The first-order valence-electron chi connectivity index (χ1n) is 7.20. The van der Waals surface area contributed by atoms with Crippen LogP contribution in [-0.2, 0) is 0 Å². The zero-order chi connectivity index (χ0) is 14.7. The molecule has 1 atom stereocenters. The Balaban J connectivity index is 2.63. The minimum Gasteiger partial charge on any atom is -0.311 e. The third kappa shape index (κ3) is 7.16. The maximum Gasteiger partial charge on any atom is 0.401 e. The van der Waals surface area contributed by atoms with E-state index in [0.717, 1.165) is 25.7 Å². The van der Waals surface area contributed by atoms with Crippen LogP contribution in [0.5, 0.6) is 0 Å². The molecule has 0 saturated heterocycles. The summed E-state index contributed by atoms with van der Waals surface area (Å²) in [5.74, 6) is 0. The third-order valence-electron chi connectivity index (χ3n) is 3.34. The molecule has 0 radical (unpaired) electrons. The van der Waals surface area contributed by atoms with Crippen molar-refractivity contribution in [2.75, 3.05) is 13.1 Å². The van der Waals surface area contributed by atoms with Gasteiger partial charge in [-0.3, -0.25) is 4.90 Å². The smallest absolute Gasteiger partial charge is 0.311 e. The molecule has 0 amide bonds. The number of hydrogen-bond donors (Lipinski definition) is 1. The maximum absolute atomic E-state index is 12.7. The molecule has 1 saturated carbocycles. The Bertz CT molecular complexity index is 267.